The topological polar surface area (TPSA) is 29.5 Å². The Balaban J connectivity index is 2.88. The minimum absolute atomic E-state index is 0.0694. The molecule has 1 unspecified atom stereocenters. The summed E-state index contributed by atoms with van der Waals surface area (Å²) in [6, 6.07) is 3.94. The first-order valence-corrected chi connectivity index (χ1v) is 8.53. The van der Waals surface area contributed by atoms with E-state index in [1.54, 1.807) is 18.1 Å². The van der Waals surface area contributed by atoms with Gasteiger partial charge in [-0.2, -0.15) is 0 Å². The second kappa shape index (κ2) is 9.16. The first-order valence-electron chi connectivity index (χ1n) is 6.94. The summed E-state index contributed by atoms with van der Waals surface area (Å²) in [5.74, 6) is 0.565. The van der Waals surface area contributed by atoms with Crippen LogP contribution in [0.2, 0.25) is 0 Å². The Morgan fingerprint density at radius 1 is 1.36 bits per heavy atom. The second-order valence-corrected chi connectivity index (χ2v) is 6.68. The lowest BCUT2D eigenvalue weighted by atomic mass is 9.98. The van der Waals surface area contributed by atoms with E-state index in [4.69, 9.17) is 4.74 Å². The van der Waals surface area contributed by atoms with Crippen molar-refractivity contribution in [3.05, 3.63) is 52.0 Å². The number of carbonyl (C=O) groups is 1. The number of amides is 1. The first-order chi connectivity index (χ1) is 10.4. The molecule has 0 heterocycles. The average Bonchev–Trinajstić information content (AvgIpc) is 2.49. The van der Waals surface area contributed by atoms with Crippen LogP contribution in [0.15, 0.2) is 46.4 Å². The van der Waals surface area contributed by atoms with E-state index in [0.29, 0.717) is 13.0 Å². The minimum Gasteiger partial charge on any atom is -0.494 e. The molecule has 0 spiro atoms. The molecule has 3 nitrogen and oxygen atoms in total. The molecule has 0 saturated carbocycles. The highest BCUT2D eigenvalue weighted by atomic mass is 79.9. The predicted molar refractivity (Wildman–Crippen MR) is 98.2 cm³/mol. The number of halogens is 2. The quantitative estimate of drug-likeness (QED) is 0.564. The lowest BCUT2D eigenvalue weighted by molar-refractivity contribution is -0.132. The molecule has 0 fully saturated rings. The van der Waals surface area contributed by atoms with Gasteiger partial charge >= 0.3 is 0 Å². The second-order valence-electron chi connectivity index (χ2n) is 4.98. The molecule has 0 aliphatic rings. The molecule has 1 atom stereocenters. The molecule has 22 heavy (non-hydrogen) atoms. The zero-order valence-electron chi connectivity index (χ0n) is 12.9. The van der Waals surface area contributed by atoms with Crippen molar-refractivity contribution < 1.29 is 9.53 Å². The van der Waals surface area contributed by atoms with E-state index < -0.39 is 0 Å². The van der Waals surface area contributed by atoms with E-state index in [1.807, 2.05) is 25.3 Å². The Morgan fingerprint density at radius 2 is 1.95 bits per heavy atom. The molecular weight excluding hydrogens is 410 g/mol. The molecule has 0 N–H and O–H groups in total. The lowest BCUT2D eigenvalue weighted by Gasteiger charge is -2.21. The van der Waals surface area contributed by atoms with Gasteiger partial charge in [-0.25, -0.2) is 0 Å². The van der Waals surface area contributed by atoms with Crippen LogP contribution in [0.3, 0.4) is 0 Å². The molecule has 0 radical (unpaired) electrons. The van der Waals surface area contributed by atoms with Crippen molar-refractivity contribution >= 4 is 37.8 Å². The van der Waals surface area contributed by atoms with Crippen LogP contribution in [0.5, 0.6) is 5.75 Å². The van der Waals surface area contributed by atoms with Gasteiger partial charge in [0.05, 0.1) is 22.0 Å². The fourth-order valence-electron chi connectivity index (χ4n) is 2.13. The van der Waals surface area contributed by atoms with Gasteiger partial charge in [0.1, 0.15) is 5.75 Å². The first kappa shape index (κ1) is 19.0. The highest BCUT2D eigenvalue weighted by Crippen LogP contribution is 2.35. The van der Waals surface area contributed by atoms with E-state index >= 15 is 0 Å². The van der Waals surface area contributed by atoms with Gasteiger partial charge < -0.3 is 9.64 Å². The zero-order valence-corrected chi connectivity index (χ0v) is 16.1. The monoisotopic (exact) mass is 429 g/mol. The number of hydrogen-bond acceptors (Lipinski definition) is 2. The fourth-order valence-corrected chi connectivity index (χ4v) is 3.73. The molecule has 0 aliphatic carbocycles. The van der Waals surface area contributed by atoms with Gasteiger partial charge in [0, 0.05) is 13.6 Å². The third kappa shape index (κ3) is 4.99. The van der Waals surface area contributed by atoms with E-state index in [-0.39, 0.29) is 11.8 Å². The summed E-state index contributed by atoms with van der Waals surface area (Å²) in [6.07, 6.45) is 4.90. The summed E-state index contributed by atoms with van der Waals surface area (Å²) in [5.41, 5.74) is 1.04. The number of hydrogen-bond donors (Lipinski definition) is 0. The van der Waals surface area contributed by atoms with Crippen molar-refractivity contribution in [2.75, 3.05) is 20.7 Å². The zero-order chi connectivity index (χ0) is 16.7. The maximum absolute atomic E-state index is 12.4. The summed E-state index contributed by atoms with van der Waals surface area (Å²) < 4.78 is 7.01. The van der Waals surface area contributed by atoms with E-state index in [0.717, 1.165) is 26.7 Å². The molecular formula is C17H21Br2NO2. The van der Waals surface area contributed by atoms with E-state index in [2.05, 4.69) is 45.0 Å². The van der Waals surface area contributed by atoms with Gasteiger partial charge in [0.25, 0.3) is 0 Å². The number of nitrogens with zero attached hydrogens (tertiary/aromatic N) is 1. The smallest absolute Gasteiger partial charge is 0.229 e. The predicted octanol–water partition coefficient (Wildman–Crippen LogP) is 4.60. The van der Waals surface area contributed by atoms with Crippen molar-refractivity contribution in [3.8, 4) is 5.75 Å². The average molecular weight is 431 g/mol. The van der Waals surface area contributed by atoms with Crippen LogP contribution in [0.25, 0.3) is 0 Å². The number of ether oxygens (including phenoxy) is 1. The van der Waals surface area contributed by atoms with Gasteiger partial charge in [0.2, 0.25) is 5.91 Å². The van der Waals surface area contributed by atoms with E-state index in [9.17, 15) is 4.79 Å². The summed E-state index contributed by atoms with van der Waals surface area (Å²) in [4.78, 5) is 14.2. The van der Waals surface area contributed by atoms with Gasteiger partial charge in [-0.15, -0.1) is 13.2 Å². The summed E-state index contributed by atoms with van der Waals surface area (Å²) >= 11 is 6.97. The van der Waals surface area contributed by atoms with Crippen LogP contribution in [0.4, 0.5) is 0 Å². The van der Waals surface area contributed by atoms with Gasteiger partial charge in [0.15, 0.2) is 0 Å². The summed E-state index contributed by atoms with van der Waals surface area (Å²) in [6.45, 7) is 8.15. The van der Waals surface area contributed by atoms with Crippen LogP contribution in [-0.2, 0) is 11.2 Å². The lowest BCUT2D eigenvalue weighted by Crippen LogP contribution is -2.33. The highest BCUT2D eigenvalue weighted by molar-refractivity contribution is 9.11. The van der Waals surface area contributed by atoms with Crippen LogP contribution in [-0.4, -0.2) is 31.5 Å². The van der Waals surface area contributed by atoms with Gasteiger partial charge in [-0.3, -0.25) is 4.79 Å². The normalized spacial score (nSPS) is 11.6. The molecule has 1 amide bonds. The van der Waals surface area contributed by atoms with Crippen LogP contribution >= 0.6 is 31.9 Å². The number of carbonyl (C=O) groups excluding carboxylic acids is 1. The summed E-state index contributed by atoms with van der Waals surface area (Å²) in [5, 5.41) is 0. The molecule has 1 rings (SSSR count). The standard InChI is InChI=1S/C17H21Br2NO2/c1-5-7-8-20(3)17(21)13(6-2)9-12-10-14(18)16(22-4)15(19)11-12/h5-6,10-11,13H,1-2,7-9H2,3-4H3. The Hall–Kier alpha value is -1.07. The molecule has 0 saturated heterocycles. The third-order valence-corrected chi connectivity index (χ3v) is 4.54. The molecule has 1 aromatic rings. The van der Waals surface area contributed by atoms with Crippen LogP contribution in [0.1, 0.15) is 12.0 Å². The van der Waals surface area contributed by atoms with Crippen molar-refractivity contribution in [2.45, 2.75) is 12.8 Å². The Labute approximate surface area is 149 Å². The maximum atomic E-state index is 12.4. The maximum Gasteiger partial charge on any atom is 0.229 e. The van der Waals surface area contributed by atoms with Crippen LogP contribution in [0, 0.1) is 5.92 Å². The molecule has 5 heteroatoms. The minimum atomic E-state index is -0.248. The Bertz CT molecular complexity index is 535. The molecule has 120 valence electrons. The third-order valence-electron chi connectivity index (χ3n) is 3.36. The van der Waals surface area contributed by atoms with Crippen molar-refractivity contribution in [1.29, 1.82) is 0 Å². The van der Waals surface area contributed by atoms with Crippen molar-refractivity contribution in [3.63, 3.8) is 0 Å². The summed E-state index contributed by atoms with van der Waals surface area (Å²) in [7, 11) is 3.43. The number of benzene rings is 1. The molecule has 0 bridgehead atoms. The van der Waals surface area contributed by atoms with Crippen molar-refractivity contribution in [1.82, 2.24) is 4.90 Å². The number of rotatable bonds is 8. The molecule has 0 aliphatic heterocycles. The Kier molecular flexibility index (Phi) is 7.90. The van der Waals surface area contributed by atoms with Crippen molar-refractivity contribution in [2.24, 2.45) is 5.92 Å². The largest absolute Gasteiger partial charge is 0.494 e. The van der Waals surface area contributed by atoms with Crippen LogP contribution < -0.4 is 4.74 Å². The molecule has 1 aromatic carbocycles. The fraction of sp³-hybridized carbons (Fsp3) is 0.353. The molecule has 0 aromatic heterocycles. The SMILES string of the molecule is C=CCCN(C)C(=O)C(C=C)Cc1cc(Br)c(OC)c(Br)c1. The highest BCUT2D eigenvalue weighted by Gasteiger charge is 2.20. The number of methoxy groups -OCH3 is 1. The van der Waals surface area contributed by atoms with E-state index in [1.165, 1.54) is 0 Å². The Morgan fingerprint density at radius 3 is 2.41 bits per heavy atom. The van der Waals surface area contributed by atoms with Gasteiger partial charge in [-0.05, 0) is 62.4 Å². The van der Waals surface area contributed by atoms with Gasteiger partial charge in [-0.1, -0.05) is 12.2 Å².